The fraction of sp³-hybridized carbons (Fsp3) is 0.706. The number of aryl methyl sites for hydroxylation is 1. The zero-order valence-electron chi connectivity index (χ0n) is 13.2. The van der Waals surface area contributed by atoms with Crippen molar-refractivity contribution in [2.45, 2.75) is 44.2 Å². The van der Waals surface area contributed by atoms with E-state index in [9.17, 15) is 0 Å². The maximum absolute atomic E-state index is 6.10. The number of pyridine rings is 1. The minimum absolute atomic E-state index is 0.272. The largest absolute Gasteiger partial charge is 0.374 e. The van der Waals surface area contributed by atoms with Crippen LogP contribution >= 0.6 is 0 Å². The molecule has 0 bridgehead atoms. The number of nitrogens with zero attached hydrogens (tertiary/aromatic N) is 2. The molecular weight excluding hydrogens is 262 g/mol. The Balaban J connectivity index is 1.79. The van der Waals surface area contributed by atoms with Gasteiger partial charge in [-0.05, 0) is 44.5 Å². The molecule has 0 saturated carbocycles. The van der Waals surface area contributed by atoms with Crippen LogP contribution in [0.4, 0.5) is 0 Å². The van der Waals surface area contributed by atoms with Crippen LogP contribution < -0.4 is 5.32 Å². The molecule has 0 aromatic carbocycles. The Morgan fingerprint density at radius 3 is 3.24 bits per heavy atom. The van der Waals surface area contributed by atoms with Gasteiger partial charge in [0.05, 0.1) is 12.7 Å². The summed E-state index contributed by atoms with van der Waals surface area (Å²) >= 11 is 0. The van der Waals surface area contributed by atoms with E-state index in [1.165, 1.54) is 17.7 Å². The van der Waals surface area contributed by atoms with Crippen LogP contribution in [-0.2, 0) is 11.2 Å². The van der Waals surface area contributed by atoms with Crippen LogP contribution in [-0.4, -0.2) is 55.3 Å². The van der Waals surface area contributed by atoms with Crippen molar-refractivity contribution in [2.24, 2.45) is 0 Å². The number of hydrogen-bond acceptors (Lipinski definition) is 4. The van der Waals surface area contributed by atoms with Crippen LogP contribution in [0, 0.1) is 0 Å². The van der Waals surface area contributed by atoms with Crippen LogP contribution in [0.2, 0.25) is 0 Å². The Bertz CT molecular complexity index is 465. The highest BCUT2D eigenvalue weighted by molar-refractivity contribution is 5.30. The molecule has 1 aromatic heterocycles. The summed E-state index contributed by atoms with van der Waals surface area (Å²) in [5.41, 5.74) is 2.72. The first-order valence-corrected chi connectivity index (χ1v) is 8.27. The van der Waals surface area contributed by atoms with Gasteiger partial charge >= 0.3 is 0 Å². The van der Waals surface area contributed by atoms with Crippen molar-refractivity contribution in [1.29, 1.82) is 0 Å². The van der Waals surface area contributed by atoms with Crippen LogP contribution in [0.5, 0.6) is 0 Å². The number of hydrogen-bond donors (Lipinski definition) is 1. The Hall–Kier alpha value is -0.970. The second-order valence-corrected chi connectivity index (χ2v) is 6.34. The standard InChI is InChI=1S/C17H27N3O/c1-3-8-18-17(15-12-20(2)10-11-21-15)14-7-6-13-5-4-9-19-16(13)14/h4-5,9,14-15,17-18H,3,6-8,10-12H2,1-2H3. The first-order chi connectivity index (χ1) is 10.3. The van der Waals surface area contributed by atoms with Gasteiger partial charge in [0.1, 0.15) is 0 Å². The van der Waals surface area contributed by atoms with E-state index in [1.807, 2.05) is 6.20 Å². The molecule has 3 atom stereocenters. The lowest BCUT2D eigenvalue weighted by atomic mass is 9.91. The van der Waals surface area contributed by atoms with E-state index < -0.39 is 0 Å². The second kappa shape index (κ2) is 6.86. The molecule has 2 aliphatic rings. The third-order valence-electron chi connectivity index (χ3n) is 4.76. The zero-order chi connectivity index (χ0) is 14.7. The van der Waals surface area contributed by atoms with Crippen molar-refractivity contribution in [3.63, 3.8) is 0 Å². The number of rotatable bonds is 5. The Morgan fingerprint density at radius 2 is 2.43 bits per heavy atom. The van der Waals surface area contributed by atoms with Gasteiger partial charge in [-0.2, -0.15) is 0 Å². The summed E-state index contributed by atoms with van der Waals surface area (Å²) in [5, 5.41) is 3.75. The van der Waals surface area contributed by atoms with Crippen LogP contribution in [0.3, 0.4) is 0 Å². The lowest BCUT2D eigenvalue weighted by Crippen LogP contribution is -2.53. The van der Waals surface area contributed by atoms with Crippen molar-refractivity contribution in [3.8, 4) is 0 Å². The first-order valence-electron chi connectivity index (χ1n) is 8.27. The lowest BCUT2D eigenvalue weighted by Gasteiger charge is -2.38. The van der Waals surface area contributed by atoms with E-state index in [2.05, 4.69) is 41.3 Å². The topological polar surface area (TPSA) is 37.4 Å². The third kappa shape index (κ3) is 3.28. The molecule has 1 fully saturated rings. The molecule has 1 aromatic rings. The summed E-state index contributed by atoms with van der Waals surface area (Å²) < 4.78 is 6.10. The number of ether oxygens (including phenoxy) is 1. The molecule has 0 spiro atoms. The smallest absolute Gasteiger partial charge is 0.0861 e. The average molecular weight is 289 g/mol. The molecule has 116 valence electrons. The van der Waals surface area contributed by atoms with Crippen LogP contribution in [0.1, 0.15) is 36.9 Å². The molecule has 2 heterocycles. The number of aromatic nitrogens is 1. The van der Waals surface area contributed by atoms with Gasteiger partial charge < -0.3 is 15.0 Å². The molecule has 1 aliphatic carbocycles. The van der Waals surface area contributed by atoms with Crippen molar-refractivity contribution in [1.82, 2.24) is 15.2 Å². The second-order valence-electron chi connectivity index (χ2n) is 6.34. The SMILES string of the molecule is CCCNC(C1CN(C)CCO1)C1CCc2cccnc21. The fourth-order valence-corrected chi connectivity index (χ4v) is 3.67. The van der Waals surface area contributed by atoms with Gasteiger partial charge in [-0.1, -0.05) is 13.0 Å². The Labute approximate surface area is 127 Å². The van der Waals surface area contributed by atoms with Crippen LogP contribution in [0.15, 0.2) is 18.3 Å². The Kier molecular flexibility index (Phi) is 4.88. The van der Waals surface area contributed by atoms with Gasteiger partial charge in [0, 0.05) is 36.9 Å². The van der Waals surface area contributed by atoms with Crippen molar-refractivity contribution in [3.05, 3.63) is 29.6 Å². The van der Waals surface area contributed by atoms with Gasteiger partial charge in [0.25, 0.3) is 0 Å². The predicted molar refractivity (Wildman–Crippen MR) is 84.6 cm³/mol. The van der Waals surface area contributed by atoms with E-state index in [0.29, 0.717) is 12.0 Å². The van der Waals surface area contributed by atoms with Gasteiger partial charge in [-0.3, -0.25) is 4.98 Å². The maximum Gasteiger partial charge on any atom is 0.0861 e. The number of fused-ring (bicyclic) bond motifs is 1. The van der Waals surface area contributed by atoms with Gasteiger partial charge in [-0.25, -0.2) is 0 Å². The molecule has 0 radical (unpaired) electrons. The Morgan fingerprint density at radius 1 is 1.52 bits per heavy atom. The zero-order valence-corrected chi connectivity index (χ0v) is 13.2. The van der Waals surface area contributed by atoms with Gasteiger partial charge in [-0.15, -0.1) is 0 Å². The van der Waals surface area contributed by atoms with Crippen molar-refractivity contribution in [2.75, 3.05) is 33.3 Å². The highest BCUT2D eigenvalue weighted by atomic mass is 16.5. The summed E-state index contributed by atoms with van der Waals surface area (Å²) in [6.07, 6.45) is 5.70. The molecular formula is C17H27N3O. The molecule has 3 unspecified atom stereocenters. The molecule has 1 N–H and O–H groups in total. The number of morpholine rings is 1. The van der Waals surface area contributed by atoms with Crippen LogP contribution in [0.25, 0.3) is 0 Å². The van der Waals surface area contributed by atoms with E-state index in [4.69, 9.17) is 4.74 Å². The van der Waals surface area contributed by atoms with E-state index in [1.54, 1.807) is 0 Å². The molecule has 4 nitrogen and oxygen atoms in total. The normalized spacial score (nSPS) is 27.5. The minimum atomic E-state index is 0.272. The molecule has 21 heavy (non-hydrogen) atoms. The first kappa shape index (κ1) is 14.9. The number of likely N-dealkylation sites (N-methyl/N-ethyl adjacent to an activating group) is 1. The van der Waals surface area contributed by atoms with E-state index in [-0.39, 0.29) is 6.10 Å². The fourth-order valence-electron chi connectivity index (χ4n) is 3.67. The molecule has 1 saturated heterocycles. The molecule has 1 aliphatic heterocycles. The highest BCUT2D eigenvalue weighted by Crippen LogP contribution is 2.35. The number of nitrogens with one attached hydrogen (secondary N) is 1. The van der Waals surface area contributed by atoms with Crippen molar-refractivity contribution >= 4 is 0 Å². The molecule has 0 amide bonds. The molecule has 3 rings (SSSR count). The highest BCUT2D eigenvalue weighted by Gasteiger charge is 2.37. The monoisotopic (exact) mass is 289 g/mol. The quantitative estimate of drug-likeness (QED) is 0.897. The minimum Gasteiger partial charge on any atom is -0.374 e. The summed E-state index contributed by atoms with van der Waals surface area (Å²) in [4.78, 5) is 7.05. The van der Waals surface area contributed by atoms with Crippen molar-refractivity contribution < 1.29 is 4.74 Å². The van der Waals surface area contributed by atoms with E-state index in [0.717, 1.165) is 39.1 Å². The average Bonchev–Trinajstić information content (AvgIpc) is 2.92. The summed E-state index contributed by atoms with van der Waals surface area (Å²) in [6.45, 7) is 6.16. The lowest BCUT2D eigenvalue weighted by molar-refractivity contribution is -0.0434. The van der Waals surface area contributed by atoms with Gasteiger partial charge in [0.15, 0.2) is 0 Å². The predicted octanol–water partition coefficient (Wildman–Crippen LogP) is 1.81. The van der Waals surface area contributed by atoms with E-state index >= 15 is 0 Å². The van der Waals surface area contributed by atoms with Gasteiger partial charge in [0.2, 0.25) is 0 Å². The molecule has 4 heteroatoms. The summed E-state index contributed by atoms with van der Waals surface area (Å²) in [7, 11) is 2.19. The maximum atomic E-state index is 6.10. The summed E-state index contributed by atoms with van der Waals surface area (Å²) in [6, 6.07) is 4.66. The summed E-state index contributed by atoms with van der Waals surface area (Å²) in [5.74, 6) is 0.490. The third-order valence-corrected chi connectivity index (χ3v) is 4.76.